The van der Waals surface area contributed by atoms with Crippen molar-refractivity contribution in [2.75, 3.05) is 13.2 Å². The van der Waals surface area contributed by atoms with E-state index in [0.29, 0.717) is 30.4 Å². The molecule has 104 valence electrons. The SMILES string of the molecule is CCOc1ccccc1C(=O)NCC1CCC(O)C1. The molecule has 2 N–H and O–H groups in total. The summed E-state index contributed by atoms with van der Waals surface area (Å²) in [6.07, 6.45) is 2.41. The molecule has 2 unspecified atom stereocenters. The lowest BCUT2D eigenvalue weighted by Gasteiger charge is -2.13. The first-order valence-corrected chi connectivity index (χ1v) is 6.88. The van der Waals surface area contributed by atoms with Gasteiger partial charge in [-0.1, -0.05) is 12.1 Å². The standard InChI is InChI=1S/C15H21NO3/c1-2-19-14-6-4-3-5-13(14)15(18)16-10-11-7-8-12(17)9-11/h3-6,11-12,17H,2,7-10H2,1H3,(H,16,18). The molecule has 2 rings (SSSR count). The molecule has 1 saturated carbocycles. The van der Waals surface area contributed by atoms with Crippen LogP contribution in [-0.2, 0) is 0 Å². The molecule has 1 fully saturated rings. The number of carbonyl (C=O) groups is 1. The first-order chi connectivity index (χ1) is 9.20. The summed E-state index contributed by atoms with van der Waals surface area (Å²) in [6.45, 7) is 3.06. The highest BCUT2D eigenvalue weighted by Crippen LogP contribution is 2.25. The van der Waals surface area contributed by atoms with Crippen LogP contribution in [-0.4, -0.2) is 30.3 Å². The van der Waals surface area contributed by atoms with E-state index in [1.165, 1.54) is 0 Å². The van der Waals surface area contributed by atoms with Crippen LogP contribution in [0.1, 0.15) is 36.5 Å². The molecule has 2 atom stereocenters. The number of hydrogen-bond donors (Lipinski definition) is 2. The van der Waals surface area contributed by atoms with Crippen LogP contribution in [0.25, 0.3) is 0 Å². The minimum Gasteiger partial charge on any atom is -0.493 e. The Morgan fingerprint density at radius 1 is 1.42 bits per heavy atom. The van der Waals surface area contributed by atoms with Gasteiger partial charge in [-0.3, -0.25) is 4.79 Å². The van der Waals surface area contributed by atoms with Crippen molar-refractivity contribution in [3.63, 3.8) is 0 Å². The molecule has 1 aliphatic carbocycles. The summed E-state index contributed by atoms with van der Waals surface area (Å²) in [5, 5.41) is 12.4. The third-order valence-electron chi connectivity index (χ3n) is 3.50. The summed E-state index contributed by atoms with van der Waals surface area (Å²) in [6, 6.07) is 7.26. The molecule has 0 bridgehead atoms. The highest BCUT2D eigenvalue weighted by molar-refractivity contribution is 5.96. The van der Waals surface area contributed by atoms with Gasteiger partial charge in [-0.05, 0) is 44.2 Å². The summed E-state index contributed by atoms with van der Waals surface area (Å²) in [5.41, 5.74) is 0.572. The van der Waals surface area contributed by atoms with Crippen LogP contribution < -0.4 is 10.1 Å². The zero-order chi connectivity index (χ0) is 13.7. The number of para-hydroxylation sites is 1. The van der Waals surface area contributed by atoms with Crippen molar-refractivity contribution in [1.29, 1.82) is 0 Å². The summed E-state index contributed by atoms with van der Waals surface area (Å²) < 4.78 is 5.45. The van der Waals surface area contributed by atoms with Crippen LogP contribution in [0.3, 0.4) is 0 Å². The lowest BCUT2D eigenvalue weighted by molar-refractivity contribution is 0.0941. The highest BCUT2D eigenvalue weighted by atomic mass is 16.5. The Morgan fingerprint density at radius 2 is 2.21 bits per heavy atom. The van der Waals surface area contributed by atoms with Gasteiger partial charge in [0.2, 0.25) is 0 Å². The fourth-order valence-corrected chi connectivity index (χ4v) is 2.50. The topological polar surface area (TPSA) is 58.6 Å². The van der Waals surface area contributed by atoms with Gasteiger partial charge in [0.05, 0.1) is 18.3 Å². The molecule has 0 saturated heterocycles. The number of aliphatic hydroxyl groups excluding tert-OH is 1. The number of benzene rings is 1. The summed E-state index contributed by atoms with van der Waals surface area (Å²) in [7, 11) is 0. The van der Waals surface area contributed by atoms with Crippen LogP contribution in [0.2, 0.25) is 0 Å². The Labute approximate surface area is 113 Å². The fraction of sp³-hybridized carbons (Fsp3) is 0.533. The van der Waals surface area contributed by atoms with Crippen molar-refractivity contribution < 1.29 is 14.6 Å². The molecule has 4 nitrogen and oxygen atoms in total. The van der Waals surface area contributed by atoms with E-state index in [4.69, 9.17) is 4.74 Å². The van der Waals surface area contributed by atoms with Gasteiger partial charge in [0.25, 0.3) is 5.91 Å². The quantitative estimate of drug-likeness (QED) is 0.854. The van der Waals surface area contributed by atoms with Crippen molar-refractivity contribution in [2.24, 2.45) is 5.92 Å². The number of rotatable bonds is 5. The zero-order valence-electron chi connectivity index (χ0n) is 11.3. The van der Waals surface area contributed by atoms with E-state index in [0.717, 1.165) is 19.3 Å². The van der Waals surface area contributed by atoms with Crippen molar-refractivity contribution in [2.45, 2.75) is 32.3 Å². The van der Waals surface area contributed by atoms with Gasteiger partial charge in [-0.25, -0.2) is 0 Å². The van der Waals surface area contributed by atoms with Gasteiger partial charge in [0.15, 0.2) is 0 Å². The maximum Gasteiger partial charge on any atom is 0.255 e. The molecule has 19 heavy (non-hydrogen) atoms. The number of ether oxygens (including phenoxy) is 1. The second kappa shape index (κ2) is 6.57. The van der Waals surface area contributed by atoms with E-state index < -0.39 is 0 Å². The normalized spacial score (nSPS) is 22.2. The Balaban J connectivity index is 1.92. The molecule has 4 heteroatoms. The molecule has 0 aliphatic heterocycles. The molecule has 1 aliphatic rings. The number of hydrogen-bond acceptors (Lipinski definition) is 3. The molecule has 0 radical (unpaired) electrons. The molecule has 0 aromatic heterocycles. The second-order valence-corrected chi connectivity index (χ2v) is 4.97. The van der Waals surface area contributed by atoms with Gasteiger partial charge < -0.3 is 15.2 Å². The molecule has 1 amide bonds. The number of amides is 1. The summed E-state index contributed by atoms with van der Waals surface area (Å²) in [5.74, 6) is 0.901. The average Bonchev–Trinajstić information content (AvgIpc) is 2.83. The Hall–Kier alpha value is -1.55. The van der Waals surface area contributed by atoms with Crippen LogP contribution in [0.15, 0.2) is 24.3 Å². The number of nitrogens with one attached hydrogen (secondary N) is 1. The van der Waals surface area contributed by atoms with Gasteiger partial charge in [-0.2, -0.15) is 0 Å². The van der Waals surface area contributed by atoms with Crippen molar-refractivity contribution in [3.8, 4) is 5.75 Å². The summed E-state index contributed by atoms with van der Waals surface area (Å²) in [4.78, 5) is 12.1. The lowest BCUT2D eigenvalue weighted by Crippen LogP contribution is -2.29. The van der Waals surface area contributed by atoms with Gasteiger partial charge in [0.1, 0.15) is 5.75 Å². The summed E-state index contributed by atoms with van der Waals surface area (Å²) >= 11 is 0. The van der Waals surface area contributed by atoms with E-state index in [1.54, 1.807) is 12.1 Å². The maximum atomic E-state index is 12.1. The van der Waals surface area contributed by atoms with E-state index in [-0.39, 0.29) is 12.0 Å². The molecule has 1 aromatic rings. The monoisotopic (exact) mass is 263 g/mol. The molecular weight excluding hydrogens is 242 g/mol. The molecule has 1 aromatic carbocycles. The Bertz CT molecular complexity index is 433. The van der Waals surface area contributed by atoms with E-state index >= 15 is 0 Å². The first-order valence-electron chi connectivity index (χ1n) is 6.88. The van der Waals surface area contributed by atoms with Crippen LogP contribution in [0.4, 0.5) is 0 Å². The minimum atomic E-state index is -0.197. The molecular formula is C15H21NO3. The fourth-order valence-electron chi connectivity index (χ4n) is 2.50. The number of carbonyl (C=O) groups excluding carboxylic acids is 1. The van der Waals surface area contributed by atoms with Gasteiger partial charge in [0, 0.05) is 6.54 Å². The smallest absolute Gasteiger partial charge is 0.255 e. The molecule has 0 spiro atoms. The first kappa shape index (κ1) is 13.9. The maximum absolute atomic E-state index is 12.1. The Morgan fingerprint density at radius 3 is 2.89 bits per heavy atom. The average molecular weight is 263 g/mol. The zero-order valence-corrected chi connectivity index (χ0v) is 11.3. The molecule has 0 heterocycles. The van der Waals surface area contributed by atoms with E-state index in [9.17, 15) is 9.90 Å². The lowest BCUT2D eigenvalue weighted by atomic mass is 10.1. The second-order valence-electron chi connectivity index (χ2n) is 4.97. The van der Waals surface area contributed by atoms with E-state index in [1.807, 2.05) is 19.1 Å². The van der Waals surface area contributed by atoms with Crippen LogP contribution in [0, 0.1) is 5.92 Å². The van der Waals surface area contributed by atoms with Crippen LogP contribution >= 0.6 is 0 Å². The minimum absolute atomic E-state index is 0.106. The van der Waals surface area contributed by atoms with Gasteiger partial charge >= 0.3 is 0 Å². The third-order valence-corrected chi connectivity index (χ3v) is 3.50. The largest absolute Gasteiger partial charge is 0.493 e. The predicted octanol–water partition coefficient (Wildman–Crippen LogP) is 1.98. The van der Waals surface area contributed by atoms with Crippen molar-refractivity contribution in [3.05, 3.63) is 29.8 Å². The van der Waals surface area contributed by atoms with Gasteiger partial charge in [-0.15, -0.1) is 0 Å². The van der Waals surface area contributed by atoms with Crippen molar-refractivity contribution in [1.82, 2.24) is 5.32 Å². The Kier molecular flexibility index (Phi) is 4.80. The predicted molar refractivity (Wildman–Crippen MR) is 73.3 cm³/mol. The highest BCUT2D eigenvalue weighted by Gasteiger charge is 2.23. The van der Waals surface area contributed by atoms with Crippen molar-refractivity contribution >= 4 is 5.91 Å². The van der Waals surface area contributed by atoms with E-state index in [2.05, 4.69) is 5.32 Å². The third kappa shape index (κ3) is 3.70. The van der Waals surface area contributed by atoms with Crippen LogP contribution in [0.5, 0.6) is 5.75 Å². The number of aliphatic hydroxyl groups is 1.